The number of aliphatic hydroxyl groups excluding tert-OH is 2. The van der Waals surface area contributed by atoms with Gasteiger partial charge in [-0.3, -0.25) is 0 Å². The van der Waals surface area contributed by atoms with Crippen LogP contribution >= 0.6 is 11.8 Å². The van der Waals surface area contributed by atoms with Crippen molar-refractivity contribution in [3.8, 4) is 0 Å². The minimum Gasteiger partial charge on any atom is -0.392 e. The predicted molar refractivity (Wildman–Crippen MR) is 67.9 cm³/mol. The van der Waals surface area contributed by atoms with Crippen molar-refractivity contribution >= 4 is 11.8 Å². The second-order valence-electron chi connectivity index (χ2n) is 4.61. The molecule has 1 aromatic heterocycles. The fourth-order valence-electron chi connectivity index (χ4n) is 2.21. The van der Waals surface area contributed by atoms with Crippen LogP contribution in [0, 0.1) is 0 Å². The van der Waals surface area contributed by atoms with Crippen LogP contribution < -0.4 is 0 Å². The van der Waals surface area contributed by atoms with Crippen LogP contribution in [0.1, 0.15) is 37.8 Å². The summed E-state index contributed by atoms with van der Waals surface area (Å²) in [5, 5.41) is 20.3. The largest absolute Gasteiger partial charge is 0.392 e. The van der Waals surface area contributed by atoms with E-state index in [4.69, 9.17) is 5.11 Å². The Morgan fingerprint density at radius 3 is 2.88 bits per heavy atom. The Labute approximate surface area is 106 Å². The Hall–Kier alpha value is -0.520. The first-order valence-electron chi connectivity index (χ1n) is 6.18. The number of thioether (sulfide) groups is 1. The lowest BCUT2D eigenvalue weighted by Gasteiger charge is -2.19. The van der Waals surface area contributed by atoms with Crippen LogP contribution in [0.25, 0.3) is 0 Å². The summed E-state index contributed by atoms with van der Waals surface area (Å²) >= 11 is 1.64. The van der Waals surface area contributed by atoms with E-state index in [0.717, 1.165) is 30.1 Å². The zero-order chi connectivity index (χ0) is 12.3. The van der Waals surface area contributed by atoms with Gasteiger partial charge in [-0.05, 0) is 12.8 Å². The van der Waals surface area contributed by atoms with E-state index in [-0.39, 0.29) is 18.0 Å². The molecule has 0 spiro atoms. The SMILES string of the molecule is Cn1c(CO)cnc1SC1CCCCCC1O. The topological polar surface area (TPSA) is 58.3 Å². The average molecular weight is 256 g/mol. The molecule has 0 bridgehead atoms. The molecule has 0 aromatic carbocycles. The van der Waals surface area contributed by atoms with Crippen LogP contribution in [0.15, 0.2) is 11.4 Å². The number of aliphatic hydroxyl groups is 2. The molecule has 2 N–H and O–H groups in total. The van der Waals surface area contributed by atoms with Crippen LogP contribution in [-0.2, 0) is 13.7 Å². The Morgan fingerprint density at radius 2 is 2.18 bits per heavy atom. The van der Waals surface area contributed by atoms with Gasteiger partial charge < -0.3 is 14.8 Å². The van der Waals surface area contributed by atoms with E-state index < -0.39 is 0 Å². The third kappa shape index (κ3) is 3.03. The fraction of sp³-hybridized carbons (Fsp3) is 0.750. The molecule has 1 saturated carbocycles. The van der Waals surface area contributed by atoms with Crippen molar-refractivity contribution in [1.82, 2.24) is 9.55 Å². The van der Waals surface area contributed by atoms with Gasteiger partial charge in [-0.25, -0.2) is 4.98 Å². The first-order valence-corrected chi connectivity index (χ1v) is 7.06. The zero-order valence-electron chi connectivity index (χ0n) is 10.2. The molecule has 1 fully saturated rings. The van der Waals surface area contributed by atoms with Crippen molar-refractivity contribution < 1.29 is 10.2 Å². The van der Waals surface area contributed by atoms with E-state index >= 15 is 0 Å². The quantitative estimate of drug-likeness (QED) is 0.808. The van der Waals surface area contributed by atoms with Crippen LogP contribution in [0.3, 0.4) is 0 Å². The highest BCUT2D eigenvalue weighted by Crippen LogP contribution is 2.32. The van der Waals surface area contributed by atoms with Gasteiger partial charge in [0, 0.05) is 12.3 Å². The molecule has 96 valence electrons. The van der Waals surface area contributed by atoms with Crippen LogP contribution in [0.4, 0.5) is 0 Å². The highest BCUT2D eigenvalue weighted by Gasteiger charge is 2.24. The summed E-state index contributed by atoms with van der Waals surface area (Å²) in [6.45, 7) is 0.0112. The molecule has 1 aromatic rings. The number of nitrogens with zero attached hydrogens (tertiary/aromatic N) is 2. The van der Waals surface area contributed by atoms with E-state index in [2.05, 4.69) is 4.98 Å². The van der Waals surface area contributed by atoms with E-state index in [0.29, 0.717) is 0 Å². The lowest BCUT2D eigenvalue weighted by atomic mass is 10.1. The minimum absolute atomic E-state index is 0.0112. The summed E-state index contributed by atoms with van der Waals surface area (Å²) < 4.78 is 1.91. The number of aromatic nitrogens is 2. The lowest BCUT2D eigenvalue weighted by molar-refractivity contribution is 0.163. The maximum atomic E-state index is 10.1. The van der Waals surface area contributed by atoms with E-state index in [1.54, 1.807) is 18.0 Å². The van der Waals surface area contributed by atoms with Crippen molar-refractivity contribution in [3.63, 3.8) is 0 Å². The summed E-state index contributed by atoms with van der Waals surface area (Å²) in [5.41, 5.74) is 0.815. The number of imidazole rings is 1. The van der Waals surface area contributed by atoms with E-state index in [1.807, 2.05) is 11.6 Å². The van der Waals surface area contributed by atoms with Gasteiger partial charge >= 0.3 is 0 Å². The van der Waals surface area contributed by atoms with Gasteiger partial charge in [-0.1, -0.05) is 31.0 Å². The van der Waals surface area contributed by atoms with Gasteiger partial charge in [-0.15, -0.1) is 0 Å². The average Bonchev–Trinajstić information content (AvgIpc) is 2.54. The van der Waals surface area contributed by atoms with Gasteiger partial charge in [0.2, 0.25) is 0 Å². The predicted octanol–water partition coefficient (Wildman–Crippen LogP) is 1.70. The molecule has 1 aliphatic carbocycles. The van der Waals surface area contributed by atoms with Crippen molar-refractivity contribution in [3.05, 3.63) is 11.9 Å². The molecule has 1 aliphatic rings. The third-order valence-electron chi connectivity index (χ3n) is 3.38. The van der Waals surface area contributed by atoms with Gasteiger partial charge in [0.05, 0.1) is 24.6 Å². The Balaban J connectivity index is 2.05. The molecule has 0 aliphatic heterocycles. The number of rotatable bonds is 3. The van der Waals surface area contributed by atoms with E-state index in [9.17, 15) is 5.11 Å². The van der Waals surface area contributed by atoms with Gasteiger partial charge in [0.1, 0.15) is 0 Å². The standard InChI is InChI=1S/C12H20N2O2S/c1-14-9(8-15)7-13-12(14)17-11-6-4-2-3-5-10(11)16/h7,10-11,15-16H,2-6,8H2,1H3. The molecule has 2 unspecified atom stereocenters. The van der Waals surface area contributed by atoms with Gasteiger partial charge in [0.25, 0.3) is 0 Å². The van der Waals surface area contributed by atoms with Gasteiger partial charge in [0.15, 0.2) is 5.16 Å². The molecule has 0 saturated heterocycles. The maximum Gasteiger partial charge on any atom is 0.168 e. The first kappa shape index (κ1) is 12.9. The molecular formula is C12H20N2O2S. The van der Waals surface area contributed by atoms with E-state index in [1.165, 1.54) is 12.8 Å². The van der Waals surface area contributed by atoms with Crippen LogP contribution in [0.5, 0.6) is 0 Å². The van der Waals surface area contributed by atoms with Crippen molar-refractivity contribution in [2.75, 3.05) is 0 Å². The number of hydrogen-bond acceptors (Lipinski definition) is 4. The first-order chi connectivity index (χ1) is 8.22. The van der Waals surface area contributed by atoms with Crippen molar-refractivity contribution in [1.29, 1.82) is 0 Å². The molecule has 0 amide bonds. The number of hydrogen-bond donors (Lipinski definition) is 2. The smallest absolute Gasteiger partial charge is 0.168 e. The molecule has 4 nitrogen and oxygen atoms in total. The monoisotopic (exact) mass is 256 g/mol. The molecule has 1 heterocycles. The molecular weight excluding hydrogens is 236 g/mol. The molecule has 2 atom stereocenters. The van der Waals surface area contributed by atoms with Crippen molar-refractivity contribution in [2.45, 2.75) is 55.2 Å². The maximum absolute atomic E-state index is 10.1. The second-order valence-corrected chi connectivity index (χ2v) is 5.82. The summed E-state index contributed by atoms with van der Waals surface area (Å²) in [6.07, 6.45) is 6.95. The summed E-state index contributed by atoms with van der Waals surface area (Å²) in [7, 11) is 1.91. The highest BCUT2D eigenvalue weighted by atomic mass is 32.2. The Kier molecular flexibility index (Phi) is 4.48. The highest BCUT2D eigenvalue weighted by molar-refractivity contribution is 7.99. The second kappa shape index (κ2) is 5.89. The van der Waals surface area contributed by atoms with Gasteiger partial charge in [-0.2, -0.15) is 0 Å². The normalized spacial score (nSPS) is 25.8. The van der Waals surface area contributed by atoms with Crippen molar-refractivity contribution in [2.24, 2.45) is 7.05 Å². The third-order valence-corrected chi connectivity index (χ3v) is 4.82. The molecule has 17 heavy (non-hydrogen) atoms. The molecule has 2 rings (SSSR count). The lowest BCUT2D eigenvalue weighted by Crippen LogP contribution is -2.21. The Bertz CT molecular complexity index is 367. The molecule has 0 radical (unpaired) electrons. The summed E-state index contributed by atoms with van der Waals surface area (Å²) in [5.74, 6) is 0. The Morgan fingerprint density at radius 1 is 1.41 bits per heavy atom. The minimum atomic E-state index is -0.225. The zero-order valence-corrected chi connectivity index (χ0v) is 11.0. The summed E-state index contributed by atoms with van der Waals surface area (Å²) in [6, 6.07) is 0. The van der Waals surface area contributed by atoms with Crippen LogP contribution in [0.2, 0.25) is 0 Å². The van der Waals surface area contributed by atoms with Crippen LogP contribution in [-0.4, -0.2) is 31.1 Å². The summed E-state index contributed by atoms with van der Waals surface area (Å²) in [4.78, 5) is 4.30. The molecule has 5 heteroatoms. The fourth-order valence-corrected chi connectivity index (χ4v) is 3.45.